The molecule has 0 spiro atoms. The average Bonchev–Trinajstić information content (AvgIpc) is 2.99. The molecule has 21 heavy (non-hydrogen) atoms. The Labute approximate surface area is 124 Å². The molecular formula is C16H17N3O2. The fourth-order valence-electron chi connectivity index (χ4n) is 1.78. The molecule has 0 saturated heterocycles. The highest BCUT2D eigenvalue weighted by Gasteiger charge is 2.19. The Kier molecular flexibility index (Phi) is 4.39. The first-order valence-electron chi connectivity index (χ1n) is 6.57. The van der Waals surface area contributed by atoms with E-state index in [1.54, 1.807) is 29.4 Å². The Balaban J connectivity index is 1.99. The van der Waals surface area contributed by atoms with Gasteiger partial charge in [0.2, 0.25) is 0 Å². The van der Waals surface area contributed by atoms with Gasteiger partial charge in [0.05, 0.1) is 12.2 Å². The molecule has 5 heteroatoms. The molecule has 0 aliphatic carbocycles. The van der Waals surface area contributed by atoms with Crippen molar-refractivity contribution in [2.24, 2.45) is 5.41 Å². The first-order valence-corrected chi connectivity index (χ1v) is 6.57. The van der Waals surface area contributed by atoms with E-state index < -0.39 is 0 Å². The number of esters is 1. The van der Waals surface area contributed by atoms with Crippen LogP contribution in [-0.2, 0) is 4.74 Å². The van der Waals surface area contributed by atoms with Gasteiger partial charge in [0, 0.05) is 17.5 Å². The summed E-state index contributed by atoms with van der Waals surface area (Å²) in [6, 6.07) is 7.05. The summed E-state index contributed by atoms with van der Waals surface area (Å²) in [4.78, 5) is 12.0. The van der Waals surface area contributed by atoms with Crippen molar-refractivity contribution in [2.45, 2.75) is 20.3 Å². The first-order chi connectivity index (χ1) is 10.0. The molecule has 0 atom stereocenters. The number of carbonyl (C=O) groups is 1. The summed E-state index contributed by atoms with van der Waals surface area (Å²) in [5.74, 6) is 2.24. The third kappa shape index (κ3) is 3.93. The number of hydrogen-bond donors (Lipinski definition) is 0. The molecule has 1 heterocycles. The zero-order valence-electron chi connectivity index (χ0n) is 12.1. The largest absolute Gasteiger partial charge is 0.461 e. The molecule has 0 radical (unpaired) electrons. The van der Waals surface area contributed by atoms with Crippen molar-refractivity contribution in [3.63, 3.8) is 0 Å². The van der Waals surface area contributed by atoms with Crippen LogP contribution in [0.1, 0.15) is 30.6 Å². The van der Waals surface area contributed by atoms with Gasteiger partial charge in [-0.3, -0.25) is 4.57 Å². The number of nitrogens with zero attached hydrogens (tertiary/aromatic N) is 3. The molecule has 5 nitrogen and oxygen atoms in total. The van der Waals surface area contributed by atoms with Gasteiger partial charge >= 0.3 is 5.97 Å². The van der Waals surface area contributed by atoms with Crippen LogP contribution in [0.2, 0.25) is 0 Å². The molecule has 2 rings (SSSR count). The van der Waals surface area contributed by atoms with E-state index in [2.05, 4.69) is 16.1 Å². The van der Waals surface area contributed by atoms with Gasteiger partial charge in [0.15, 0.2) is 0 Å². The van der Waals surface area contributed by atoms with Gasteiger partial charge in [-0.05, 0) is 24.3 Å². The normalized spacial score (nSPS) is 10.9. The maximum Gasteiger partial charge on any atom is 0.338 e. The molecule has 0 aliphatic heterocycles. The van der Waals surface area contributed by atoms with Crippen LogP contribution < -0.4 is 0 Å². The summed E-state index contributed by atoms with van der Waals surface area (Å²) in [7, 11) is 0. The predicted octanol–water partition coefficient (Wildman–Crippen LogP) is 2.47. The summed E-state index contributed by atoms with van der Waals surface area (Å²) >= 11 is 0. The Morgan fingerprint density at radius 1 is 1.29 bits per heavy atom. The highest BCUT2D eigenvalue weighted by Crippen LogP contribution is 2.20. The Hall–Kier alpha value is -2.61. The molecule has 1 aromatic carbocycles. The third-order valence-electron chi connectivity index (χ3n) is 2.99. The van der Waals surface area contributed by atoms with Crippen molar-refractivity contribution < 1.29 is 9.53 Å². The van der Waals surface area contributed by atoms with E-state index in [9.17, 15) is 4.79 Å². The zero-order valence-corrected chi connectivity index (χ0v) is 12.1. The quantitative estimate of drug-likeness (QED) is 0.625. The maximum atomic E-state index is 12.0. The van der Waals surface area contributed by atoms with Crippen LogP contribution in [0.5, 0.6) is 0 Å². The second-order valence-electron chi connectivity index (χ2n) is 5.54. The zero-order chi connectivity index (χ0) is 15.3. The van der Waals surface area contributed by atoms with Gasteiger partial charge in [-0.2, -0.15) is 0 Å². The molecule has 0 fully saturated rings. The highest BCUT2D eigenvalue weighted by atomic mass is 16.5. The van der Waals surface area contributed by atoms with Crippen molar-refractivity contribution in [2.75, 3.05) is 6.61 Å². The van der Waals surface area contributed by atoms with Crippen molar-refractivity contribution in [3.8, 4) is 18.0 Å². The molecule has 0 saturated carbocycles. The minimum atomic E-state index is -0.351. The van der Waals surface area contributed by atoms with E-state index >= 15 is 0 Å². The van der Waals surface area contributed by atoms with Crippen LogP contribution in [0.4, 0.5) is 0 Å². The van der Waals surface area contributed by atoms with Crippen LogP contribution in [0.3, 0.4) is 0 Å². The van der Waals surface area contributed by atoms with Crippen molar-refractivity contribution in [3.05, 3.63) is 42.5 Å². The van der Waals surface area contributed by atoms with E-state index in [-0.39, 0.29) is 11.4 Å². The maximum absolute atomic E-state index is 12.0. The van der Waals surface area contributed by atoms with Crippen LogP contribution in [0, 0.1) is 17.8 Å². The van der Waals surface area contributed by atoms with Crippen molar-refractivity contribution >= 4 is 5.97 Å². The smallest absolute Gasteiger partial charge is 0.338 e. The van der Waals surface area contributed by atoms with E-state index in [0.717, 1.165) is 5.69 Å². The lowest BCUT2D eigenvalue weighted by molar-refractivity contribution is 0.0348. The standard InChI is InChI=1S/C16H17N3O2/c1-4-9-16(2,3)10-21-15(20)13-5-7-14(8-6-13)19-11-17-18-12-19/h1,5-8,11-12H,9-10H2,2-3H3. The second kappa shape index (κ2) is 6.23. The third-order valence-corrected chi connectivity index (χ3v) is 2.99. The lowest BCUT2D eigenvalue weighted by Crippen LogP contribution is -2.21. The summed E-state index contributed by atoms with van der Waals surface area (Å²) in [6.45, 7) is 4.23. The van der Waals surface area contributed by atoms with Crippen LogP contribution in [0.25, 0.3) is 5.69 Å². The topological polar surface area (TPSA) is 57.0 Å². The van der Waals surface area contributed by atoms with E-state index in [1.807, 2.05) is 26.0 Å². The Morgan fingerprint density at radius 3 is 2.48 bits per heavy atom. The number of ether oxygens (including phenoxy) is 1. The van der Waals surface area contributed by atoms with Gasteiger partial charge in [0.1, 0.15) is 12.7 Å². The van der Waals surface area contributed by atoms with Crippen LogP contribution in [-0.4, -0.2) is 27.3 Å². The van der Waals surface area contributed by atoms with Gasteiger partial charge < -0.3 is 4.74 Å². The van der Waals surface area contributed by atoms with Crippen molar-refractivity contribution in [1.29, 1.82) is 0 Å². The number of carbonyl (C=O) groups excluding carboxylic acids is 1. The summed E-state index contributed by atoms with van der Waals surface area (Å²) in [5, 5.41) is 7.47. The van der Waals surface area contributed by atoms with E-state index in [4.69, 9.17) is 11.2 Å². The van der Waals surface area contributed by atoms with E-state index in [1.165, 1.54) is 0 Å². The number of rotatable bonds is 5. The molecule has 0 unspecified atom stereocenters. The lowest BCUT2D eigenvalue weighted by atomic mass is 9.91. The summed E-state index contributed by atoms with van der Waals surface area (Å²) in [6.07, 6.45) is 9.04. The lowest BCUT2D eigenvalue weighted by Gasteiger charge is -2.21. The number of hydrogen-bond acceptors (Lipinski definition) is 4. The monoisotopic (exact) mass is 283 g/mol. The second-order valence-corrected chi connectivity index (χ2v) is 5.54. The van der Waals surface area contributed by atoms with Crippen LogP contribution in [0.15, 0.2) is 36.9 Å². The molecule has 0 bridgehead atoms. The van der Waals surface area contributed by atoms with Gasteiger partial charge in [-0.25, -0.2) is 4.79 Å². The van der Waals surface area contributed by atoms with Gasteiger partial charge in [0.25, 0.3) is 0 Å². The molecule has 1 aromatic heterocycles. The van der Waals surface area contributed by atoms with E-state index in [0.29, 0.717) is 18.6 Å². The summed E-state index contributed by atoms with van der Waals surface area (Å²) < 4.78 is 7.07. The molecule has 0 amide bonds. The van der Waals surface area contributed by atoms with Gasteiger partial charge in [-0.1, -0.05) is 13.8 Å². The SMILES string of the molecule is C#CCC(C)(C)COC(=O)c1ccc(-n2cnnc2)cc1. The molecular weight excluding hydrogens is 266 g/mol. The number of aromatic nitrogens is 3. The number of terminal acetylenes is 1. The molecule has 0 N–H and O–H groups in total. The molecule has 2 aromatic rings. The molecule has 108 valence electrons. The Morgan fingerprint density at radius 2 is 1.90 bits per heavy atom. The Bertz CT molecular complexity index is 637. The minimum Gasteiger partial charge on any atom is -0.461 e. The minimum absolute atomic E-state index is 0.215. The predicted molar refractivity (Wildman–Crippen MR) is 78.9 cm³/mol. The van der Waals surface area contributed by atoms with Crippen molar-refractivity contribution in [1.82, 2.24) is 14.8 Å². The summed E-state index contributed by atoms with van der Waals surface area (Å²) in [5.41, 5.74) is 1.17. The average molecular weight is 283 g/mol. The van der Waals surface area contributed by atoms with Gasteiger partial charge in [-0.15, -0.1) is 22.5 Å². The fraction of sp³-hybridized carbons (Fsp3) is 0.312. The number of benzene rings is 1. The molecule has 0 aliphatic rings. The highest BCUT2D eigenvalue weighted by molar-refractivity contribution is 5.89. The fourth-order valence-corrected chi connectivity index (χ4v) is 1.78. The first kappa shape index (κ1) is 14.8. The van der Waals surface area contributed by atoms with Crippen LogP contribution >= 0.6 is 0 Å².